The van der Waals surface area contributed by atoms with Crippen LogP contribution >= 0.6 is 0 Å². The van der Waals surface area contributed by atoms with Gasteiger partial charge in [-0.1, -0.05) is 158 Å². The van der Waals surface area contributed by atoms with Crippen LogP contribution < -0.4 is 0 Å². The predicted octanol–water partition coefficient (Wildman–Crippen LogP) is 15.2. The SMILES string of the molecule is c1ccc(-c2ccc(-n3c4ccccc4c4cc(-c5ccc6c(c5)c5ccc7ccccc7c5n6-c5ccc6c7c(cccc57)-c5ccccc5-6)ccc43)cc2)cc1. The van der Waals surface area contributed by atoms with Crippen molar-refractivity contribution in [3.05, 3.63) is 206 Å². The molecule has 0 amide bonds. The van der Waals surface area contributed by atoms with Gasteiger partial charge in [0.2, 0.25) is 0 Å². The molecule has 1 aliphatic carbocycles. The number of fused-ring (bicyclic) bond motifs is 11. The molecule has 0 unspecified atom stereocenters. The van der Waals surface area contributed by atoms with Crippen molar-refractivity contribution >= 4 is 65.2 Å². The molecule has 0 atom stereocenters. The Bertz CT molecular complexity index is 3630. The van der Waals surface area contributed by atoms with Gasteiger partial charge in [0, 0.05) is 38.0 Å². The second-order valence-corrected chi connectivity index (χ2v) is 15.7. The van der Waals surface area contributed by atoms with Crippen LogP contribution in [-0.2, 0) is 0 Å². The third kappa shape index (κ3) is 4.37. The Labute approximate surface area is 335 Å². The molecule has 58 heavy (non-hydrogen) atoms. The molecule has 2 nitrogen and oxygen atoms in total. The lowest BCUT2D eigenvalue weighted by molar-refractivity contribution is 1.18. The lowest BCUT2D eigenvalue weighted by atomic mass is 10.00. The van der Waals surface area contributed by atoms with E-state index in [0.717, 1.165) is 5.69 Å². The molecule has 2 heteroatoms. The van der Waals surface area contributed by atoms with Crippen molar-refractivity contribution in [3.8, 4) is 55.9 Å². The molecule has 0 saturated heterocycles. The predicted molar refractivity (Wildman–Crippen MR) is 245 cm³/mol. The van der Waals surface area contributed by atoms with Gasteiger partial charge in [-0.2, -0.15) is 0 Å². The fourth-order valence-electron chi connectivity index (χ4n) is 10.1. The van der Waals surface area contributed by atoms with Crippen molar-refractivity contribution in [3.63, 3.8) is 0 Å². The van der Waals surface area contributed by atoms with E-state index in [4.69, 9.17) is 0 Å². The van der Waals surface area contributed by atoms with E-state index in [-0.39, 0.29) is 0 Å². The largest absolute Gasteiger partial charge is 0.309 e. The Morgan fingerprint density at radius 2 is 0.845 bits per heavy atom. The molecular formula is C56H34N2. The Balaban J connectivity index is 1.01. The van der Waals surface area contributed by atoms with Gasteiger partial charge in [-0.3, -0.25) is 0 Å². The van der Waals surface area contributed by atoms with Gasteiger partial charge >= 0.3 is 0 Å². The number of para-hydroxylation sites is 1. The molecule has 0 bridgehead atoms. The average Bonchev–Trinajstić information content (AvgIpc) is 3.93. The van der Waals surface area contributed by atoms with E-state index in [0.29, 0.717) is 0 Å². The third-order valence-electron chi connectivity index (χ3n) is 12.7. The Morgan fingerprint density at radius 3 is 1.64 bits per heavy atom. The lowest BCUT2D eigenvalue weighted by Crippen LogP contribution is -1.96. The van der Waals surface area contributed by atoms with Crippen LogP contribution in [0.4, 0.5) is 0 Å². The number of nitrogens with zero attached hydrogens (tertiary/aromatic N) is 2. The van der Waals surface area contributed by atoms with Gasteiger partial charge in [-0.05, 0) is 104 Å². The van der Waals surface area contributed by atoms with Gasteiger partial charge in [0.05, 0.1) is 27.8 Å². The van der Waals surface area contributed by atoms with Crippen LogP contribution in [0.3, 0.4) is 0 Å². The Kier molecular flexibility index (Phi) is 6.47. The van der Waals surface area contributed by atoms with Gasteiger partial charge in [-0.15, -0.1) is 0 Å². The van der Waals surface area contributed by atoms with Gasteiger partial charge in [0.1, 0.15) is 0 Å². The summed E-state index contributed by atoms with van der Waals surface area (Å²) in [6.07, 6.45) is 0. The van der Waals surface area contributed by atoms with E-state index in [1.165, 1.54) is 115 Å². The van der Waals surface area contributed by atoms with Crippen molar-refractivity contribution in [2.45, 2.75) is 0 Å². The molecule has 12 aromatic rings. The zero-order valence-corrected chi connectivity index (χ0v) is 31.5. The molecule has 0 N–H and O–H groups in total. The molecule has 2 aromatic heterocycles. The summed E-state index contributed by atoms with van der Waals surface area (Å²) in [4.78, 5) is 0. The van der Waals surface area contributed by atoms with Crippen LogP contribution in [-0.4, -0.2) is 9.13 Å². The first-order valence-corrected chi connectivity index (χ1v) is 20.1. The molecule has 1 aliphatic rings. The molecule has 0 fully saturated rings. The van der Waals surface area contributed by atoms with E-state index in [2.05, 4.69) is 215 Å². The van der Waals surface area contributed by atoms with Crippen molar-refractivity contribution < 1.29 is 0 Å². The molecular weight excluding hydrogens is 701 g/mol. The van der Waals surface area contributed by atoms with Crippen LogP contribution in [0.5, 0.6) is 0 Å². The zero-order chi connectivity index (χ0) is 37.9. The summed E-state index contributed by atoms with van der Waals surface area (Å²) < 4.78 is 4.93. The second-order valence-electron chi connectivity index (χ2n) is 15.7. The van der Waals surface area contributed by atoms with E-state index < -0.39 is 0 Å². The highest BCUT2D eigenvalue weighted by Gasteiger charge is 2.24. The standard InChI is InChI=1S/C56H34N2/c1-2-11-35(12-3-1)36-21-26-40(27-22-36)57-51-20-9-8-17-44(51)49-33-38(24-30-53(49)57)39-25-31-54-50(34-39)47-28-23-37-13-4-5-14-41(37)56(47)58(54)52-32-29-46-43-16-7-6-15-42(43)45-18-10-19-48(52)55(45)46/h1-34H. The highest BCUT2D eigenvalue weighted by molar-refractivity contribution is 6.22. The van der Waals surface area contributed by atoms with Gasteiger partial charge < -0.3 is 9.13 Å². The normalized spacial score (nSPS) is 12.1. The number of hydrogen-bond donors (Lipinski definition) is 0. The minimum atomic E-state index is 1.16. The number of hydrogen-bond acceptors (Lipinski definition) is 0. The average molecular weight is 735 g/mol. The number of aromatic nitrogens is 2. The second kappa shape index (κ2) is 11.9. The minimum Gasteiger partial charge on any atom is -0.309 e. The van der Waals surface area contributed by atoms with E-state index >= 15 is 0 Å². The van der Waals surface area contributed by atoms with Crippen LogP contribution in [0.25, 0.3) is 121 Å². The van der Waals surface area contributed by atoms with Crippen LogP contribution in [0.1, 0.15) is 0 Å². The molecule has 0 saturated carbocycles. The lowest BCUT2D eigenvalue weighted by Gasteiger charge is -2.14. The molecule has 13 rings (SSSR count). The summed E-state index contributed by atoms with van der Waals surface area (Å²) >= 11 is 0. The summed E-state index contributed by atoms with van der Waals surface area (Å²) in [5.74, 6) is 0. The summed E-state index contributed by atoms with van der Waals surface area (Å²) in [5, 5.41) is 10.1. The summed E-state index contributed by atoms with van der Waals surface area (Å²) in [6, 6.07) is 76.2. The van der Waals surface area contributed by atoms with Crippen LogP contribution in [0.2, 0.25) is 0 Å². The third-order valence-corrected chi connectivity index (χ3v) is 12.7. The summed E-state index contributed by atoms with van der Waals surface area (Å²) in [5.41, 5.74) is 17.4. The first kappa shape index (κ1) is 31.5. The first-order chi connectivity index (χ1) is 28.8. The minimum absolute atomic E-state index is 1.16. The molecule has 268 valence electrons. The topological polar surface area (TPSA) is 9.86 Å². The molecule has 0 aliphatic heterocycles. The smallest absolute Gasteiger partial charge is 0.0619 e. The molecule has 10 aromatic carbocycles. The zero-order valence-electron chi connectivity index (χ0n) is 31.5. The van der Waals surface area contributed by atoms with Gasteiger partial charge in [0.15, 0.2) is 0 Å². The van der Waals surface area contributed by atoms with Crippen molar-refractivity contribution in [1.82, 2.24) is 9.13 Å². The Morgan fingerprint density at radius 1 is 0.276 bits per heavy atom. The highest BCUT2D eigenvalue weighted by atomic mass is 15.0. The quantitative estimate of drug-likeness (QED) is 0.170. The highest BCUT2D eigenvalue weighted by Crippen LogP contribution is 2.49. The first-order valence-electron chi connectivity index (χ1n) is 20.1. The summed E-state index contributed by atoms with van der Waals surface area (Å²) in [6.45, 7) is 0. The van der Waals surface area contributed by atoms with Crippen molar-refractivity contribution in [2.24, 2.45) is 0 Å². The summed E-state index contributed by atoms with van der Waals surface area (Å²) in [7, 11) is 0. The monoisotopic (exact) mass is 734 g/mol. The molecule has 2 heterocycles. The van der Waals surface area contributed by atoms with Gasteiger partial charge in [-0.25, -0.2) is 0 Å². The van der Waals surface area contributed by atoms with Gasteiger partial charge in [0.25, 0.3) is 0 Å². The maximum atomic E-state index is 2.53. The Hall–Kier alpha value is -7.68. The van der Waals surface area contributed by atoms with Crippen LogP contribution in [0.15, 0.2) is 206 Å². The number of benzene rings is 10. The van der Waals surface area contributed by atoms with Crippen molar-refractivity contribution in [2.75, 3.05) is 0 Å². The molecule has 0 radical (unpaired) electrons. The van der Waals surface area contributed by atoms with Crippen molar-refractivity contribution in [1.29, 1.82) is 0 Å². The maximum absolute atomic E-state index is 2.53. The maximum Gasteiger partial charge on any atom is 0.0619 e. The van der Waals surface area contributed by atoms with E-state index in [1.54, 1.807) is 0 Å². The fraction of sp³-hybridized carbons (Fsp3) is 0. The van der Waals surface area contributed by atoms with Crippen LogP contribution in [0, 0.1) is 0 Å². The fourth-order valence-corrected chi connectivity index (χ4v) is 10.1. The van der Waals surface area contributed by atoms with E-state index in [9.17, 15) is 0 Å². The molecule has 0 spiro atoms. The number of rotatable bonds is 4. The van der Waals surface area contributed by atoms with E-state index in [1.807, 2.05) is 0 Å².